The smallest absolute Gasteiger partial charge is 0.110 e. The van der Waals surface area contributed by atoms with Gasteiger partial charge in [0.25, 0.3) is 0 Å². The van der Waals surface area contributed by atoms with E-state index in [4.69, 9.17) is 0 Å². The summed E-state index contributed by atoms with van der Waals surface area (Å²) in [6.07, 6.45) is 3.13. The van der Waals surface area contributed by atoms with Crippen molar-refractivity contribution in [2.45, 2.75) is 45.7 Å². The van der Waals surface area contributed by atoms with Crippen molar-refractivity contribution in [1.29, 1.82) is 0 Å². The third-order valence-corrected chi connectivity index (χ3v) is 4.74. The van der Waals surface area contributed by atoms with E-state index in [0.29, 0.717) is 6.04 Å². The Morgan fingerprint density at radius 2 is 2.35 bits per heavy atom. The second kappa shape index (κ2) is 5.04. The molecule has 1 unspecified atom stereocenters. The molecule has 1 aromatic heterocycles. The molecule has 0 radical (unpaired) electrons. The molecule has 1 saturated heterocycles. The molecule has 3 nitrogen and oxygen atoms in total. The maximum Gasteiger partial charge on any atom is 0.110 e. The van der Waals surface area contributed by atoms with Gasteiger partial charge in [-0.2, -0.15) is 0 Å². The van der Waals surface area contributed by atoms with Gasteiger partial charge in [0.05, 0.1) is 6.04 Å². The van der Waals surface area contributed by atoms with Crippen LogP contribution in [0.2, 0.25) is 0 Å². The molecule has 0 bridgehead atoms. The third-order valence-electron chi connectivity index (χ3n) is 3.43. The Labute approximate surface area is 108 Å². The third kappa shape index (κ3) is 3.06. The summed E-state index contributed by atoms with van der Waals surface area (Å²) in [4.78, 5) is 8.49. The molecule has 1 N–H and O–H groups in total. The maximum atomic E-state index is 4.57. The van der Waals surface area contributed by atoms with Gasteiger partial charge in [-0.15, -0.1) is 11.3 Å². The fourth-order valence-corrected chi connectivity index (χ4v) is 3.29. The number of piperazine rings is 1. The van der Waals surface area contributed by atoms with Crippen LogP contribution in [0.5, 0.6) is 0 Å². The Kier molecular flexibility index (Phi) is 3.85. The minimum absolute atomic E-state index is 0.220. The monoisotopic (exact) mass is 253 g/mol. The Morgan fingerprint density at radius 3 is 2.94 bits per heavy atom. The number of nitrogens with zero attached hydrogens (tertiary/aromatic N) is 2. The first-order chi connectivity index (χ1) is 8.02. The first kappa shape index (κ1) is 13.0. The van der Waals surface area contributed by atoms with Gasteiger partial charge in [-0.1, -0.05) is 6.92 Å². The molecule has 2 rings (SSSR count). The first-order valence-corrected chi connectivity index (χ1v) is 7.27. The van der Waals surface area contributed by atoms with Crippen LogP contribution in [0, 0.1) is 0 Å². The zero-order valence-electron chi connectivity index (χ0n) is 11.3. The van der Waals surface area contributed by atoms with Crippen LogP contribution in [-0.4, -0.2) is 35.1 Å². The van der Waals surface area contributed by atoms with Crippen molar-refractivity contribution < 1.29 is 0 Å². The van der Waals surface area contributed by atoms with Gasteiger partial charge in [0.1, 0.15) is 5.01 Å². The molecule has 0 spiro atoms. The summed E-state index contributed by atoms with van der Waals surface area (Å²) in [5.41, 5.74) is 0.220. The molecular weight excluding hydrogens is 230 g/mol. The molecule has 1 aliphatic rings. The van der Waals surface area contributed by atoms with E-state index in [1.807, 2.05) is 17.5 Å². The maximum absolute atomic E-state index is 4.57. The summed E-state index contributed by atoms with van der Waals surface area (Å²) >= 11 is 1.86. The minimum Gasteiger partial charge on any atom is -0.309 e. The van der Waals surface area contributed by atoms with Crippen molar-refractivity contribution in [3.8, 4) is 0 Å². The van der Waals surface area contributed by atoms with Gasteiger partial charge in [0, 0.05) is 36.2 Å². The lowest BCUT2D eigenvalue weighted by molar-refractivity contribution is 0.116. The van der Waals surface area contributed by atoms with Crippen LogP contribution in [0.25, 0.3) is 0 Å². The van der Waals surface area contributed by atoms with Gasteiger partial charge >= 0.3 is 0 Å². The van der Waals surface area contributed by atoms with E-state index >= 15 is 0 Å². The minimum atomic E-state index is 0.220. The van der Waals surface area contributed by atoms with E-state index in [2.05, 4.69) is 42.9 Å². The molecule has 0 saturated carbocycles. The summed E-state index contributed by atoms with van der Waals surface area (Å²) in [5, 5.41) is 4.82. The fraction of sp³-hybridized carbons (Fsp3) is 0.769. The molecule has 1 aliphatic heterocycles. The van der Waals surface area contributed by atoms with Crippen LogP contribution in [0.4, 0.5) is 0 Å². The highest BCUT2D eigenvalue weighted by molar-refractivity contribution is 7.11. The van der Waals surface area contributed by atoms with Crippen LogP contribution in [-0.2, 0) is 6.42 Å². The number of aromatic nitrogens is 1. The predicted molar refractivity (Wildman–Crippen MR) is 73.6 cm³/mol. The second-order valence-electron chi connectivity index (χ2n) is 5.48. The molecule has 0 aromatic carbocycles. The van der Waals surface area contributed by atoms with Gasteiger partial charge in [-0.05, 0) is 27.2 Å². The Bertz CT molecular complexity index is 372. The van der Waals surface area contributed by atoms with Crippen molar-refractivity contribution in [3.05, 3.63) is 16.1 Å². The zero-order chi connectivity index (χ0) is 12.5. The molecular formula is C13H23N3S. The van der Waals surface area contributed by atoms with Crippen LogP contribution in [0.1, 0.15) is 43.6 Å². The van der Waals surface area contributed by atoms with Crippen molar-refractivity contribution in [3.63, 3.8) is 0 Å². The van der Waals surface area contributed by atoms with Gasteiger partial charge < -0.3 is 5.32 Å². The van der Waals surface area contributed by atoms with E-state index in [-0.39, 0.29) is 5.54 Å². The fourth-order valence-electron chi connectivity index (χ4n) is 2.35. The van der Waals surface area contributed by atoms with E-state index in [9.17, 15) is 0 Å². The Hall–Kier alpha value is -0.450. The van der Waals surface area contributed by atoms with Gasteiger partial charge in [-0.3, -0.25) is 4.90 Å². The van der Waals surface area contributed by atoms with E-state index in [1.54, 1.807) is 0 Å². The quantitative estimate of drug-likeness (QED) is 0.897. The first-order valence-electron chi connectivity index (χ1n) is 6.45. The highest BCUT2D eigenvalue weighted by atomic mass is 32.1. The lowest BCUT2D eigenvalue weighted by Crippen LogP contribution is -2.57. The summed E-state index contributed by atoms with van der Waals surface area (Å²) in [6.45, 7) is 12.3. The molecule has 1 atom stereocenters. The van der Waals surface area contributed by atoms with Crippen molar-refractivity contribution in [2.24, 2.45) is 0 Å². The molecule has 1 fully saturated rings. The van der Waals surface area contributed by atoms with Crippen molar-refractivity contribution in [1.82, 2.24) is 15.2 Å². The van der Waals surface area contributed by atoms with Crippen molar-refractivity contribution in [2.75, 3.05) is 19.6 Å². The standard InChI is InChI=1S/C13H23N3S/c1-5-11-8-14-12(17-11)10(2)16-7-6-15-13(3,4)9-16/h8,10,15H,5-7,9H2,1-4H3. The molecule has 0 aliphatic carbocycles. The topological polar surface area (TPSA) is 28.2 Å². The lowest BCUT2D eigenvalue weighted by Gasteiger charge is -2.41. The van der Waals surface area contributed by atoms with Crippen LogP contribution in [0.3, 0.4) is 0 Å². The van der Waals surface area contributed by atoms with Gasteiger partial charge in [0.15, 0.2) is 0 Å². The number of hydrogen-bond acceptors (Lipinski definition) is 4. The second-order valence-corrected chi connectivity index (χ2v) is 6.62. The molecule has 1 aromatic rings. The highest BCUT2D eigenvalue weighted by Gasteiger charge is 2.29. The normalized spacial score (nSPS) is 22.6. The summed E-state index contributed by atoms with van der Waals surface area (Å²) < 4.78 is 0. The molecule has 96 valence electrons. The van der Waals surface area contributed by atoms with Gasteiger partial charge in [-0.25, -0.2) is 4.98 Å². The van der Waals surface area contributed by atoms with E-state index < -0.39 is 0 Å². The largest absolute Gasteiger partial charge is 0.309 e. The van der Waals surface area contributed by atoms with Crippen LogP contribution >= 0.6 is 11.3 Å². The van der Waals surface area contributed by atoms with E-state index in [1.165, 1.54) is 9.88 Å². The average Bonchev–Trinajstić information content (AvgIpc) is 2.75. The van der Waals surface area contributed by atoms with E-state index in [0.717, 1.165) is 26.1 Å². The summed E-state index contributed by atoms with van der Waals surface area (Å²) in [5.74, 6) is 0. The number of aryl methyl sites for hydroxylation is 1. The highest BCUT2D eigenvalue weighted by Crippen LogP contribution is 2.27. The SMILES string of the molecule is CCc1cnc(C(C)N2CCNC(C)(C)C2)s1. The van der Waals surface area contributed by atoms with Gasteiger partial charge in [0.2, 0.25) is 0 Å². The van der Waals surface area contributed by atoms with Crippen molar-refractivity contribution >= 4 is 11.3 Å². The van der Waals surface area contributed by atoms with Crippen LogP contribution < -0.4 is 5.32 Å². The predicted octanol–water partition coefficient (Wildman–Crippen LogP) is 2.45. The summed E-state index contributed by atoms with van der Waals surface area (Å²) in [7, 11) is 0. The van der Waals surface area contributed by atoms with Crippen LogP contribution in [0.15, 0.2) is 6.20 Å². The summed E-state index contributed by atoms with van der Waals surface area (Å²) in [6, 6.07) is 0.446. The number of rotatable bonds is 3. The zero-order valence-corrected chi connectivity index (χ0v) is 12.1. The number of nitrogens with one attached hydrogen (secondary N) is 1. The number of thiazole rings is 1. The number of hydrogen-bond donors (Lipinski definition) is 1. The lowest BCUT2D eigenvalue weighted by atomic mass is 10.0. The Morgan fingerprint density at radius 1 is 1.59 bits per heavy atom. The average molecular weight is 253 g/mol. The Balaban J connectivity index is 2.06. The molecule has 17 heavy (non-hydrogen) atoms. The molecule has 2 heterocycles. The molecule has 4 heteroatoms. The molecule has 0 amide bonds.